The molecule has 0 spiro atoms. The van der Waals surface area contributed by atoms with Crippen LogP contribution in [-0.4, -0.2) is 269 Å². The van der Waals surface area contributed by atoms with E-state index in [-0.39, 0.29) is 54.4 Å². The number of benzene rings is 2. The lowest BCUT2D eigenvalue weighted by molar-refractivity contribution is -0.143. The van der Waals surface area contributed by atoms with Crippen molar-refractivity contribution in [1.82, 2.24) is 73.8 Å². The molecule has 0 radical (unpaired) electrons. The summed E-state index contributed by atoms with van der Waals surface area (Å²) in [5.74, 6) is -20.3. The molecular weight excluding hydrogens is 1460 g/mol. The van der Waals surface area contributed by atoms with Crippen LogP contribution >= 0.6 is 64.8 Å². The first-order valence-electron chi connectivity index (χ1n) is 31.8. The quantitative estimate of drug-likeness (QED) is 0.0657. The van der Waals surface area contributed by atoms with Gasteiger partial charge in [0.15, 0.2) is 5.78 Å². The van der Waals surface area contributed by atoms with E-state index in [9.17, 15) is 92.7 Å². The first kappa shape index (κ1) is 81.0. The number of primary amides is 1. The smallest absolute Gasteiger partial charge is 0.326 e. The van der Waals surface area contributed by atoms with Crippen LogP contribution in [0.3, 0.4) is 0 Å². The van der Waals surface area contributed by atoms with Gasteiger partial charge in [-0.3, -0.25) is 71.9 Å². The van der Waals surface area contributed by atoms with Gasteiger partial charge in [-0.25, -0.2) is 15.2 Å². The zero-order chi connectivity index (χ0) is 74.5. The Morgan fingerprint density at radius 1 is 0.588 bits per heavy atom. The summed E-state index contributed by atoms with van der Waals surface area (Å²) in [5, 5.41) is 79.8. The molecule has 0 aliphatic carbocycles. The van der Waals surface area contributed by atoms with Gasteiger partial charge in [0.2, 0.25) is 76.8 Å². The number of nitrogens with zero attached hydrogens (tertiary/aromatic N) is 2. The maximum atomic E-state index is 15.2. The van der Waals surface area contributed by atoms with E-state index in [4.69, 9.17) is 5.73 Å². The number of hydrogen-bond donors (Lipinski definition) is 18. The zero-order valence-electron chi connectivity index (χ0n) is 54.7. The van der Waals surface area contributed by atoms with Crippen LogP contribution in [0.1, 0.15) is 57.1 Å². The highest BCUT2D eigenvalue weighted by Crippen LogP contribution is 2.30. The van der Waals surface area contributed by atoms with Crippen LogP contribution in [0.15, 0.2) is 48.5 Å². The zero-order valence-corrected chi connectivity index (χ0v) is 59.6. The maximum absolute atomic E-state index is 15.2. The van der Waals surface area contributed by atoms with Crippen molar-refractivity contribution in [2.24, 2.45) is 5.73 Å². The number of aliphatic hydroxyl groups excluding tert-OH is 1. The second-order valence-electron chi connectivity index (χ2n) is 24.1. The highest BCUT2D eigenvalue weighted by Gasteiger charge is 2.44. The molecule has 13 amide bonds. The summed E-state index contributed by atoms with van der Waals surface area (Å²) in [7, 11) is 5.14. The fourth-order valence-corrected chi connectivity index (χ4v) is 17.8. The number of carbonyl (C=O) groups is 16. The summed E-state index contributed by atoms with van der Waals surface area (Å²) in [5.41, 5.74) is 9.30. The minimum atomic E-state index is -1.91. The summed E-state index contributed by atoms with van der Waals surface area (Å²) >= 11 is 0. The molecular formula is C60H79N15O21S6. The Hall–Kier alpha value is -8.26. The standard InChI is InChI=1S/C60H79N15O21S6/c1-27-49(84)69-41-25-101-102-26-43-57(92)65-33(13-14-47(82)83)50(85)66-34(16-29-5-9-31(77)10-6-29)51(86)70-40(24-100-98-22-38(64-46(81)19-62-58(93)48(28(2)76)72-55(41)90)52(87)68-36(60(95)96)17-30-7-11-32(78)12-8-30)54(89)71-39(23-99-97-21-37-44(79)20-75(43)73-37)53(88)67-35(18-45(61)80)59(94)74-15-3-4-42(74)56(91)63-27/h5-12,27-28,33-43,48,73,76-78H,3-4,13-26H2,1-2H3,(H2,61,80)(H,62,93)(H,63,91)(H,64,81)(H,65,92)(H,66,85)(H,67,88)(H,68,87)(H,69,84)(H,70,86)(H,71,89)(H,72,90)(H,82,83)(H,95,96)/t27-,28+,33-,34-,35-,36-,37-,38-,39-,40-,41-,42-,43-,48-/m0/s1. The number of carboxylic acids is 2. The first-order chi connectivity index (χ1) is 48.4. The minimum absolute atomic E-state index is 0.000836. The third kappa shape index (κ3) is 24.2. The number of carbonyl (C=O) groups excluding carboxylic acids is 14. The van der Waals surface area contributed by atoms with Crippen molar-refractivity contribution in [2.75, 3.05) is 54.2 Å². The number of nitrogens with two attached hydrogens (primary N) is 1. The number of hydrazine groups is 1. The molecule has 5 aliphatic rings. The van der Waals surface area contributed by atoms with E-state index in [0.29, 0.717) is 5.56 Å². The van der Waals surface area contributed by atoms with Crippen molar-refractivity contribution in [3.63, 3.8) is 0 Å². The molecule has 7 rings (SSSR count). The van der Waals surface area contributed by atoms with E-state index in [1.807, 2.05) is 0 Å². The van der Waals surface area contributed by atoms with Gasteiger partial charge >= 0.3 is 11.9 Å². The Morgan fingerprint density at radius 2 is 1.11 bits per heavy atom. The second kappa shape index (κ2) is 38.9. The molecule has 5 heterocycles. The van der Waals surface area contributed by atoms with Crippen LogP contribution in [0.25, 0.3) is 0 Å². The van der Waals surface area contributed by atoms with Crippen molar-refractivity contribution in [1.29, 1.82) is 0 Å². The van der Waals surface area contributed by atoms with Crippen molar-refractivity contribution in [3.05, 3.63) is 59.7 Å². The van der Waals surface area contributed by atoms with E-state index < -0.39 is 241 Å². The second-order valence-corrected chi connectivity index (χ2v) is 31.8. The Balaban J connectivity index is 1.40. The fourth-order valence-electron chi connectivity index (χ4n) is 10.7. The average Bonchev–Trinajstić information content (AvgIpc) is 1.56. The van der Waals surface area contributed by atoms with Gasteiger partial charge in [0, 0.05) is 60.3 Å². The number of nitrogens with one attached hydrogen (secondary N) is 12. The molecule has 2 aromatic rings. The van der Waals surface area contributed by atoms with Gasteiger partial charge in [0.1, 0.15) is 84.0 Å². The topological polar surface area (TPSA) is 551 Å². The van der Waals surface area contributed by atoms with Gasteiger partial charge in [-0.2, -0.15) is 0 Å². The molecule has 19 N–H and O–H groups in total. The van der Waals surface area contributed by atoms with Crippen molar-refractivity contribution >= 4 is 159 Å². The monoisotopic (exact) mass is 1540 g/mol. The Morgan fingerprint density at radius 3 is 1.71 bits per heavy atom. The largest absolute Gasteiger partial charge is 0.508 e. The van der Waals surface area contributed by atoms with E-state index in [0.717, 1.165) is 76.6 Å². The number of phenolic OH excluding ortho intramolecular Hbond substituents is 2. The Bertz CT molecular complexity index is 3480. The average molecular weight is 1540 g/mol. The molecule has 102 heavy (non-hydrogen) atoms. The molecule has 0 aromatic heterocycles. The van der Waals surface area contributed by atoms with Gasteiger partial charge in [-0.1, -0.05) is 89.0 Å². The number of aliphatic hydroxyl groups is 1. The molecule has 556 valence electrons. The molecule has 5 fully saturated rings. The molecule has 42 heteroatoms. The lowest BCUT2D eigenvalue weighted by atomic mass is 10.0. The normalized spacial score (nSPS) is 28.4. The third-order valence-electron chi connectivity index (χ3n) is 16.3. The number of Topliss-reactive ketones (excluding diaryl/α,β-unsaturated/α-hetero) is 1. The Labute approximate surface area is 606 Å². The lowest BCUT2D eigenvalue weighted by Gasteiger charge is -2.30. The van der Waals surface area contributed by atoms with E-state index >= 15 is 9.59 Å². The van der Waals surface area contributed by atoms with Crippen molar-refractivity contribution < 1.29 is 102 Å². The van der Waals surface area contributed by atoms with E-state index in [2.05, 4.69) is 63.9 Å². The molecule has 36 nitrogen and oxygen atoms in total. The number of rotatable bonds is 13. The van der Waals surface area contributed by atoms with E-state index in [1.165, 1.54) is 60.5 Å². The van der Waals surface area contributed by atoms with Crippen LogP contribution in [0.5, 0.6) is 11.5 Å². The van der Waals surface area contributed by atoms with Crippen molar-refractivity contribution in [3.8, 4) is 11.5 Å². The van der Waals surface area contributed by atoms with Gasteiger partial charge in [-0.15, -0.1) is 0 Å². The van der Waals surface area contributed by atoms with Crippen LogP contribution in [-0.2, 0) is 89.6 Å². The van der Waals surface area contributed by atoms with Crippen molar-refractivity contribution in [2.45, 2.75) is 143 Å². The molecule has 2 aromatic carbocycles. The number of amides is 13. The number of aliphatic carboxylic acids is 2. The van der Waals surface area contributed by atoms with Crippen LogP contribution in [0.2, 0.25) is 0 Å². The molecule has 15 atom stereocenters. The third-order valence-corrected chi connectivity index (χ3v) is 23.5. The number of carboxylic acid groups (broad SMARTS) is 2. The summed E-state index contributed by atoms with van der Waals surface area (Å²) < 4.78 is 0. The number of fused-ring (bicyclic) bond motifs is 17. The van der Waals surface area contributed by atoms with E-state index in [1.54, 1.807) is 0 Å². The lowest BCUT2D eigenvalue weighted by Crippen LogP contribution is -2.61. The van der Waals surface area contributed by atoms with Crippen LogP contribution in [0, 0.1) is 0 Å². The predicted molar refractivity (Wildman–Crippen MR) is 374 cm³/mol. The number of hydrogen-bond acceptors (Lipinski definition) is 27. The molecule has 6 bridgehead atoms. The molecule has 1 unspecified atom stereocenters. The maximum Gasteiger partial charge on any atom is 0.326 e. The van der Waals surface area contributed by atoms with Gasteiger partial charge in [0.25, 0.3) is 0 Å². The number of ketones is 1. The summed E-state index contributed by atoms with van der Waals surface area (Å²) in [6, 6.07) is -10.7. The summed E-state index contributed by atoms with van der Waals surface area (Å²) in [6.07, 6.45) is -4.56. The summed E-state index contributed by atoms with van der Waals surface area (Å²) in [4.78, 5) is 228. The van der Waals surface area contributed by atoms with Gasteiger partial charge in [0.05, 0.1) is 31.7 Å². The van der Waals surface area contributed by atoms with Crippen LogP contribution in [0.4, 0.5) is 0 Å². The molecule has 5 saturated heterocycles. The summed E-state index contributed by atoms with van der Waals surface area (Å²) in [6.45, 7) is 0.763. The fraction of sp³-hybridized carbons (Fsp3) is 0.533. The van der Waals surface area contributed by atoms with Crippen LogP contribution < -0.4 is 69.6 Å². The highest BCUT2D eigenvalue weighted by molar-refractivity contribution is 8.77. The SMILES string of the molecule is C[C@@H]1NC(=O)[C@@H]2CCCN2C(=O)[C@H](CC(N)=O)NC(=O)[C@@H]2CSSC[C@@H]3NN(CC3=O)[C@H]3CSSC[C@H](NC1=O)C(=O)N[C@@H]([C@@H](C)O)C(=O)NCC(=O)N[C@H](C(=O)N[C@@H](Cc1ccc(O)cc1)C(=O)O)CSSC[C@H](NC(=O)[C@H](Cc1ccc(O)cc1)NC(=O)[C@H](CCC(=O)O)NC3=O)C(=O)N2. The predicted octanol–water partition coefficient (Wildman–Crippen LogP) is -5.62. The first-order valence-corrected chi connectivity index (χ1v) is 39.3. The molecule has 0 saturated carbocycles. The Kier molecular flexibility index (Phi) is 30.9. The highest BCUT2D eigenvalue weighted by atomic mass is 33.1. The van der Waals surface area contributed by atoms with Gasteiger partial charge in [-0.05, 0) is 68.5 Å². The number of phenols is 2. The molecule has 5 aliphatic heterocycles. The minimum Gasteiger partial charge on any atom is -0.508 e. The number of aromatic hydroxyl groups is 2. The van der Waals surface area contributed by atoms with Gasteiger partial charge < -0.3 is 94.7 Å².